The van der Waals surface area contributed by atoms with Gasteiger partial charge in [-0.1, -0.05) is 63.2 Å². The lowest BCUT2D eigenvalue weighted by atomic mass is 10.0. The maximum atomic E-state index is 13.2. The Morgan fingerprint density at radius 1 is 1.03 bits per heavy atom. The monoisotopic (exact) mass is 424 g/mol. The third-order valence-electron chi connectivity index (χ3n) is 5.22. The lowest BCUT2D eigenvalue weighted by Gasteiger charge is -2.31. The molecule has 31 heavy (non-hydrogen) atoms. The van der Waals surface area contributed by atoms with Gasteiger partial charge < -0.3 is 15.0 Å². The Kier molecular flexibility index (Phi) is 10.1. The maximum Gasteiger partial charge on any atom is 0.242 e. The van der Waals surface area contributed by atoms with Crippen LogP contribution in [0.15, 0.2) is 54.6 Å². The Hall–Kier alpha value is -2.82. The zero-order valence-electron chi connectivity index (χ0n) is 19.3. The molecule has 0 heterocycles. The molecule has 1 atom stereocenters. The highest BCUT2D eigenvalue weighted by Gasteiger charge is 2.28. The number of rotatable bonds is 12. The smallest absolute Gasteiger partial charge is 0.242 e. The number of nitrogens with one attached hydrogen (secondary N) is 1. The first kappa shape index (κ1) is 24.4. The summed E-state index contributed by atoms with van der Waals surface area (Å²) in [5.74, 6) is 1.05. The average Bonchev–Trinajstić information content (AvgIpc) is 2.77. The van der Waals surface area contributed by atoms with Crippen molar-refractivity contribution in [1.82, 2.24) is 10.2 Å². The number of aryl methyl sites for hydroxylation is 1. The Morgan fingerprint density at radius 2 is 1.71 bits per heavy atom. The Bertz CT molecular complexity index is 820. The molecule has 0 saturated heterocycles. The molecule has 2 aromatic rings. The van der Waals surface area contributed by atoms with Crippen molar-refractivity contribution in [2.45, 2.75) is 59.5 Å². The van der Waals surface area contributed by atoms with Gasteiger partial charge in [-0.05, 0) is 48.9 Å². The molecule has 0 aromatic heterocycles. The molecule has 0 aliphatic rings. The molecular weight excluding hydrogens is 388 g/mol. The summed E-state index contributed by atoms with van der Waals surface area (Å²) in [4.78, 5) is 27.8. The van der Waals surface area contributed by atoms with Gasteiger partial charge in [-0.2, -0.15) is 0 Å². The van der Waals surface area contributed by atoms with Crippen LogP contribution >= 0.6 is 0 Å². The van der Waals surface area contributed by atoms with E-state index in [0.29, 0.717) is 44.9 Å². The highest BCUT2D eigenvalue weighted by molar-refractivity contribution is 5.87. The largest absolute Gasteiger partial charge is 0.494 e. The van der Waals surface area contributed by atoms with Gasteiger partial charge in [0.05, 0.1) is 6.61 Å². The number of hydrogen-bond acceptors (Lipinski definition) is 3. The number of hydrogen-bond donors (Lipinski definition) is 1. The number of ether oxygens (including phenoxy) is 1. The number of para-hydroxylation sites is 1. The van der Waals surface area contributed by atoms with Crippen molar-refractivity contribution >= 4 is 11.8 Å². The quantitative estimate of drug-likeness (QED) is 0.501. The van der Waals surface area contributed by atoms with E-state index >= 15 is 0 Å². The molecule has 2 rings (SSSR count). The summed E-state index contributed by atoms with van der Waals surface area (Å²) in [6.45, 7) is 9.60. The van der Waals surface area contributed by atoms with Crippen LogP contribution in [-0.2, 0) is 16.1 Å². The van der Waals surface area contributed by atoms with Crippen LogP contribution in [0.2, 0.25) is 0 Å². The van der Waals surface area contributed by atoms with Gasteiger partial charge in [-0.25, -0.2) is 0 Å². The predicted molar refractivity (Wildman–Crippen MR) is 125 cm³/mol. The second kappa shape index (κ2) is 12.8. The molecule has 0 saturated carbocycles. The first-order chi connectivity index (χ1) is 14.9. The lowest BCUT2D eigenvalue weighted by molar-refractivity contribution is -0.141. The molecule has 0 spiro atoms. The molecule has 0 radical (unpaired) electrons. The minimum absolute atomic E-state index is 0.0218. The first-order valence-corrected chi connectivity index (χ1v) is 11.2. The van der Waals surface area contributed by atoms with E-state index in [1.54, 1.807) is 4.90 Å². The van der Waals surface area contributed by atoms with Crippen molar-refractivity contribution in [3.05, 3.63) is 65.7 Å². The van der Waals surface area contributed by atoms with Crippen LogP contribution in [0, 0.1) is 12.8 Å². The summed E-state index contributed by atoms with van der Waals surface area (Å²) in [6, 6.07) is 17.1. The molecule has 5 heteroatoms. The molecule has 1 N–H and O–H groups in total. The first-order valence-electron chi connectivity index (χ1n) is 11.2. The van der Waals surface area contributed by atoms with Crippen LogP contribution in [0.3, 0.4) is 0 Å². The average molecular weight is 425 g/mol. The zero-order chi connectivity index (χ0) is 22.6. The van der Waals surface area contributed by atoms with E-state index in [0.717, 1.165) is 16.9 Å². The molecule has 0 aliphatic carbocycles. The fraction of sp³-hybridized carbons (Fsp3) is 0.462. The highest BCUT2D eigenvalue weighted by Crippen LogP contribution is 2.17. The van der Waals surface area contributed by atoms with Crippen LogP contribution in [0.1, 0.15) is 51.2 Å². The molecule has 0 aliphatic heterocycles. The molecule has 0 fully saturated rings. The summed E-state index contributed by atoms with van der Waals surface area (Å²) < 4.78 is 5.72. The van der Waals surface area contributed by atoms with Crippen molar-refractivity contribution in [2.24, 2.45) is 5.92 Å². The van der Waals surface area contributed by atoms with E-state index in [4.69, 9.17) is 4.74 Å². The molecule has 2 aromatic carbocycles. The SMILES string of the molecule is CCC(C(=O)NCC(C)C)N(Cc1ccccc1C)C(=O)CCCOc1ccccc1. The predicted octanol–water partition coefficient (Wildman–Crippen LogP) is 4.73. The Morgan fingerprint density at radius 3 is 2.35 bits per heavy atom. The molecule has 1 unspecified atom stereocenters. The van der Waals surface area contributed by atoms with Gasteiger partial charge in [0.2, 0.25) is 11.8 Å². The molecule has 0 bridgehead atoms. The van der Waals surface area contributed by atoms with E-state index < -0.39 is 6.04 Å². The van der Waals surface area contributed by atoms with Gasteiger partial charge in [0.1, 0.15) is 11.8 Å². The van der Waals surface area contributed by atoms with Crippen LogP contribution < -0.4 is 10.1 Å². The number of nitrogens with zero attached hydrogens (tertiary/aromatic N) is 1. The number of amides is 2. The summed E-state index contributed by atoms with van der Waals surface area (Å²) in [5, 5.41) is 3.00. The third kappa shape index (κ3) is 8.08. The molecule has 5 nitrogen and oxygen atoms in total. The van der Waals surface area contributed by atoms with E-state index in [1.165, 1.54) is 0 Å². The van der Waals surface area contributed by atoms with Crippen LogP contribution in [0.5, 0.6) is 5.75 Å². The second-order valence-corrected chi connectivity index (χ2v) is 8.28. The summed E-state index contributed by atoms with van der Waals surface area (Å²) in [6.07, 6.45) is 1.51. The Labute approximate surface area is 186 Å². The lowest BCUT2D eigenvalue weighted by Crippen LogP contribution is -2.49. The summed E-state index contributed by atoms with van der Waals surface area (Å²) in [7, 11) is 0. The van der Waals surface area contributed by atoms with Crippen molar-refractivity contribution in [1.29, 1.82) is 0 Å². The molecule has 2 amide bonds. The number of carbonyl (C=O) groups is 2. The normalized spacial score (nSPS) is 11.8. The van der Waals surface area contributed by atoms with E-state index in [2.05, 4.69) is 19.2 Å². The fourth-order valence-electron chi connectivity index (χ4n) is 3.39. The van der Waals surface area contributed by atoms with Gasteiger partial charge in [-0.3, -0.25) is 9.59 Å². The van der Waals surface area contributed by atoms with Crippen LogP contribution in [0.4, 0.5) is 0 Å². The van der Waals surface area contributed by atoms with Gasteiger partial charge in [-0.15, -0.1) is 0 Å². The fourth-order valence-corrected chi connectivity index (χ4v) is 3.39. The molecular formula is C26H36N2O3. The van der Waals surface area contributed by atoms with Gasteiger partial charge >= 0.3 is 0 Å². The van der Waals surface area contributed by atoms with Gasteiger partial charge in [0.25, 0.3) is 0 Å². The molecule has 168 valence electrons. The number of benzene rings is 2. The minimum Gasteiger partial charge on any atom is -0.494 e. The topological polar surface area (TPSA) is 58.6 Å². The van der Waals surface area contributed by atoms with Gasteiger partial charge in [0.15, 0.2) is 0 Å². The highest BCUT2D eigenvalue weighted by atomic mass is 16.5. The number of carbonyl (C=O) groups excluding carboxylic acids is 2. The van der Waals surface area contributed by atoms with E-state index in [1.807, 2.05) is 68.4 Å². The maximum absolute atomic E-state index is 13.2. The second-order valence-electron chi connectivity index (χ2n) is 8.28. The van der Waals surface area contributed by atoms with Crippen LogP contribution in [-0.4, -0.2) is 35.9 Å². The van der Waals surface area contributed by atoms with E-state index in [-0.39, 0.29) is 11.8 Å². The standard InChI is InChI=1S/C26H36N2O3/c1-5-24(26(30)27-18-20(2)3)28(19-22-13-10-9-12-21(22)4)25(29)16-11-17-31-23-14-7-6-8-15-23/h6-10,12-15,20,24H,5,11,16-19H2,1-4H3,(H,27,30). The zero-order valence-corrected chi connectivity index (χ0v) is 19.3. The summed E-state index contributed by atoms with van der Waals surface area (Å²) >= 11 is 0. The van der Waals surface area contributed by atoms with Crippen molar-refractivity contribution < 1.29 is 14.3 Å². The van der Waals surface area contributed by atoms with E-state index in [9.17, 15) is 9.59 Å². The Balaban J connectivity index is 2.06. The minimum atomic E-state index is -0.485. The van der Waals surface area contributed by atoms with Crippen LogP contribution in [0.25, 0.3) is 0 Å². The van der Waals surface area contributed by atoms with Crippen molar-refractivity contribution in [2.75, 3.05) is 13.2 Å². The van der Waals surface area contributed by atoms with Crippen molar-refractivity contribution in [3.63, 3.8) is 0 Å². The van der Waals surface area contributed by atoms with Gasteiger partial charge in [0, 0.05) is 19.5 Å². The van der Waals surface area contributed by atoms with Crippen molar-refractivity contribution in [3.8, 4) is 5.75 Å². The summed E-state index contributed by atoms with van der Waals surface area (Å²) in [5.41, 5.74) is 2.18. The third-order valence-corrected chi connectivity index (χ3v) is 5.22.